The van der Waals surface area contributed by atoms with E-state index in [2.05, 4.69) is 32.3 Å². The molecule has 0 bridgehead atoms. The van der Waals surface area contributed by atoms with E-state index >= 15 is 0 Å². The number of aryl methyl sites for hydroxylation is 1. The molecule has 1 amide bonds. The van der Waals surface area contributed by atoms with Gasteiger partial charge in [0.15, 0.2) is 5.16 Å². The van der Waals surface area contributed by atoms with Crippen molar-refractivity contribution in [3.63, 3.8) is 0 Å². The Balaban J connectivity index is 1.85. The summed E-state index contributed by atoms with van der Waals surface area (Å²) >= 11 is 1.31. The number of nitrogens with zero attached hydrogens (tertiary/aromatic N) is 5. The standard InChI is InChI=1S/C13H18N6OS/c1-3-7-19-12(16-9-17-19)10(2)18-11(20)8-21-13-14-5-4-6-15-13/h4-6,9-10H,3,7-8H2,1-2H3,(H,18,20)/t10-/m0/s1. The zero-order valence-corrected chi connectivity index (χ0v) is 12.9. The van der Waals surface area contributed by atoms with Gasteiger partial charge in [-0.25, -0.2) is 19.6 Å². The molecule has 0 saturated carbocycles. The summed E-state index contributed by atoms with van der Waals surface area (Å²) in [7, 11) is 0. The quantitative estimate of drug-likeness (QED) is 0.615. The van der Waals surface area contributed by atoms with Gasteiger partial charge in [-0.2, -0.15) is 5.10 Å². The van der Waals surface area contributed by atoms with Crippen LogP contribution in [0.4, 0.5) is 0 Å². The number of thioether (sulfide) groups is 1. The molecule has 2 aromatic rings. The van der Waals surface area contributed by atoms with E-state index in [4.69, 9.17) is 0 Å². The molecule has 7 nitrogen and oxygen atoms in total. The van der Waals surface area contributed by atoms with Gasteiger partial charge in [0.05, 0.1) is 11.8 Å². The van der Waals surface area contributed by atoms with Crippen LogP contribution < -0.4 is 5.32 Å². The predicted molar refractivity (Wildman–Crippen MR) is 79.6 cm³/mol. The molecular weight excluding hydrogens is 288 g/mol. The number of amides is 1. The smallest absolute Gasteiger partial charge is 0.231 e. The molecule has 0 fully saturated rings. The van der Waals surface area contributed by atoms with Crippen molar-refractivity contribution in [3.8, 4) is 0 Å². The highest BCUT2D eigenvalue weighted by Crippen LogP contribution is 2.12. The highest BCUT2D eigenvalue weighted by Gasteiger charge is 2.15. The monoisotopic (exact) mass is 306 g/mol. The second-order valence-electron chi connectivity index (χ2n) is 4.45. The predicted octanol–water partition coefficient (Wildman–Crippen LogP) is 1.45. The van der Waals surface area contributed by atoms with Gasteiger partial charge in [0.2, 0.25) is 5.91 Å². The van der Waals surface area contributed by atoms with Crippen LogP contribution in [0.3, 0.4) is 0 Å². The molecule has 0 radical (unpaired) electrons. The van der Waals surface area contributed by atoms with E-state index in [1.807, 2.05) is 11.6 Å². The van der Waals surface area contributed by atoms with Crippen molar-refractivity contribution in [1.29, 1.82) is 0 Å². The first-order valence-corrected chi connectivity index (χ1v) is 7.76. The minimum absolute atomic E-state index is 0.0778. The summed E-state index contributed by atoms with van der Waals surface area (Å²) in [6.45, 7) is 4.77. The third kappa shape index (κ3) is 4.52. The lowest BCUT2D eigenvalue weighted by Gasteiger charge is -2.14. The second kappa shape index (κ2) is 7.72. The van der Waals surface area contributed by atoms with E-state index < -0.39 is 0 Å². The Morgan fingerprint density at radius 2 is 2.14 bits per heavy atom. The molecule has 0 unspecified atom stereocenters. The minimum atomic E-state index is -0.177. The molecule has 21 heavy (non-hydrogen) atoms. The Morgan fingerprint density at radius 1 is 1.38 bits per heavy atom. The molecule has 8 heteroatoms. The Hall–Kier alpha value is -1.96. The number of aromatic nitrogens is 5. The number of carbonyl (C=O) groups excluding carboxylic acids is 1. The van der Waals surface area contributed by atoms with Gasteiger partial charge in [0.1, 0.15) is 12.2 Å². The van der Waals surface area contributed by atoms with Gasteiger partial charge < -0.3 is 5.32 Å². The van der Waals surface area contributed by atoms with Gasteiger partial charge in [-0.05, 0) is 19.4 Å². The Kier molecular flexibility index (Phi) is 5.68. The number of nitrogens with one attached hydrogen (secondary N) is 1. The van der Waals surface area contributed by atoms with E-state index in [1.54, 1.807) is 18.5 Å². The van der Waals surface area contributed by atoms with Crippen LogP contribution in [0.1, 0.15) is 32.1 Å². The molecular formula is C13H18N6OS. The van der Waals surface area contributed by atoms with E-state index in [0.717, 1.165) is 18.8 Å². The molecule has 1 N–H and O–H groups in total. The van der Waals surface area contributed by atoms with Gasteiger partial charge in [0.25, 0.3) is 0 Å². The maximum absolute atomic E-state index is 11.9. The van der Waals surface area contributed by atoms with Crippen molar-refractivity contribution in [2.24, 2.45) is 0 Å². The largest absolute Gasteiger partial charge is 0.346 e. The fourth-order valence-corrected chi connectivity index (χ4v) is 2.44. The van der Waals surface area contributed by atoms with Crippen LogP contribution in [0.2, 0.25) is 0 Å². The van der Waals surface area contributed by atoms with Crippen molar-refractivity contribution in [2.75, 3.05) is 5.75 Å². The Bertz CT molecular complexity index is 573. The van der Waals surface area contributed by atoms with Crippen LogP contribution in [0.5, 0.6) is 0 Å². The fraction of sp³-hybridized carbons (Fsp3) is 0.462. The Labute approximate surface area is 127 Å². The number of carbonyl (C=O) groups is 1. The van der Waals surface area contributed by atoms with Gasteiger partial charge in [-0.15, -0.1) is 0 Å². The summed E-state index contributed by atoms with van der Waals surface area (Å²) in [4.78, 5) is 24.3. The molecule has 0 aliphatic heterocycles. The average Bonchev–Trinajstić information content (AvgIpc) is 2.95. The van der Waals surface area contributed by atoms with Crippen LogP contribution >= 0.6 is 11.8 Å². The maximum atomic E-state index is 11.9. The average molecular weight is 306 g/mol. The zero-order chi connectivity index (χ0) is 15.1. The van der Waals surface area contributed by atoms with E-state index in [1.165, 1.54) is 18.1 Å². The third-order valence-corrected chi connectivity index (χ3v) is 3.60. The molecule has 112 valence electrons. The first-order chi connectivity index (χ1) is 10.2. The lowest BCUT2D eigenvalue weighted by atomic mass is 10.3. The lowest BCUT2D eigenvalue weighted by molar-refractivity contribution is -0.119. The van der Waals surface area contributed by atoms with E-state index in [0.29, 0.717) is 5.16 Å². The number of hydrogen-bond donors (Lipinski definition) is 1. The van der Waals surface area contributed by atoms with Crippen molar-refractivity contribution < 1.29 is 4.79 Å². The number of hydrogen-bond acceptors (Lipinski definition) is 6. The van der Waals surface area contributed by atoms with Gasteiger partial charge in [-0.1, -0.05) is 18.7 Å². The summed E-state index contributed by atoms with van der Waals surface area (Å²) in [5.41, 5.74) is 0. The molecule has 0 spiro atoms. The van der Waals surface area contributed by atoms with Crippen LogP contribution in [0.25, 0.3) is 0 Å². The maximum Gasteiger partial charge on any atom is 0.231 e. The summed E-state index contributed by atoms with van der Waals surface area (Å²) in [6, 6.07) is 1.57. The molecule has 2 aromatic heterocycles. The summed E-state index contributed by atoms with van der Waals surface area (Å²) in [5.74, 6) is 0.966. The highest BCUT2D eigenvalue weighted by atomic mass is 32.2. The van der Waals surface area contributed by atoms with Crippen molar-refractivity contribution >= 4 is 17.7 Å². The van der Waals surface area contributed by atoms with Crippen molar-refractivity contribution in [3.05, 3.63) is 30.6 Å². The third-order valence-electron chi connectivity index (χ3n) is 2.72. The van der Waals surface area contributed by atoms with Crippen LogP contribution in [-0.4, -0.2) is 36.4 Å². The molecule has 0 saturated heterocycles. The van der Waals surface area contributed by atoms with Gasteiger partial charge in [-0.3, -0.25) is 4.79 Å². The summed E-state index contributed by atoms with van der Waals surface area (Å²) in [6.07, 6.45) is 5.80. The zero-order valence-electron chi connectivity index (χ0n) is 12.1. The first-order valence-electron chi connectivity index (χ1n) is 6.77. The molecule has 0 aliphatic carbocycles. The van der Waals surface area contributed by atoms with Gasteiger partial charge in [0, 0.05) is 18.9 Å². The number of rotatable bonds is 7. The van der Waals surface area contributed by atoms with Crippen LogP contribution in [0.15, 0.2) is 29.9 Å². The fourth-order valence-electron chi connectivity index (χ4n) is 1.83. The topological polar surface area (TPSA) is 85.6 Å². The molecule has 2 heterocycles. The van der Waals surface area contributed by atoms with Gasteiger partial charge >= 0.3 is 0 Å². The second-order valence-corrected chi connectivity index (χ2v) is 5.39. The van der Waals surface area contributed by atoms with E-state index in [-0.39, 0.29) is 17.7 Å². The van der Waals surface area contributed by atoms with Crippen LogP contribution in [-0.2, 0) is 11.3 Å². The molecule has 2 rings (SSSR count). The van der Waals surface area contributed by atoms with Crippen molar-refractivity contribution in [2.45, 2.75) is 38.0 Å². The molecule has 1 atom stereocenters. The normalized spacial score (nSPS) is 12.1. The first kappa shape index (κ1) is 15.4. The summed E-state index contributed by atoms with van der Waals surface area (Å²) in [5, 5.41) is 7.66. The summed E-state index contributed by atoms with van der Waals surface area (Å²) < 4.78 is 1.82. The van der Waals surface area contributed by atoms with Crippen molar-refractivity contribution in [1.82, 2.24) is 30.0 Å². The molecule has 0 aromatic carbocycles. The SMILES string of the molecule is CCCn1ncnc1[C@H](C)NC(=O)CSc1ncccn1. The Morgan fingerprint density at radius 3 is 2.86 bits per heavy atom. The lowest BCUT2D eigenvalue weighted by Crippen LogP contribution is -2.30. The highest BCUT2D eigenvalue weighted by molar-refractivity contribution is 7.99. The minimum Gasteiger partial charge on any atom is -0.346 e. The van der Waals surface area contributed by atoms with E-state index in [9.17, 15) is 4.79 Å². The van der Waals surface area contributed by atoms with Crippen LogP contribution in [0, 0.1) is 0 Å². The molecule has 0 aliphatic rings.